The first-order valence-electron chi connectivity index (χ1n) is 8.27. The van der Waals surface area contributed by atoms with Gasteiger partial charge >= 0.3 is 0 Å². The second kappa shape index (κ2) is 7.15. The molecule has 2 unspecified atom stereocenters. The summed E-state index contributed by atoms with van der Waals surface area (Å²) < 4.78 is 0. The third kappa shape index (κ3) is 3.07. The molecule has 0 bridgehead atoms. The Labute approximate surface area is 146 Å². The van der Waals surface area contributed by atoms with Crippen LogP contribution in [0.25, 0.3) is 0 Å². The molecule has 1 aliphatic rings. The normalized spacial score (nSPS) is 21.6. The Morgan fingerprint density at radius 1 is 1.21 bits per heavy atom. The van der Waals surface area contributed by atoms with E-state index in [0.717, 1.165) is 24.0 Å². The van der Waals surface area contributed by atoms with E-state index in [1.807, 2.05) is 47.2 Å². The summed E-state index contributed by atoms with van der Waals surface area (Å²) in [5.41, 5.74) is 0.898. The summed E-state index contributed by atoms with van der Waals surface area (Å²) in [6.45, 7) is 1.55. The zero-order valence-electron chi connectivity index (χ0n) is 13.7. The first kappa shape index (κ1) is 16.7. The molecule has 1 aromatic carbocycles. The zero-order chi connectivity index (χ0) is 17.0. The van der Waals surface area contributed by atoms with Crippen molar-refractivity contribution in [2.75, 3.05) is 0 Å². The Hall–Kier alpha value is -2.18. The molecular weight excluding hydrogens is 316 g/mol. The van der Waals surface area contributed by atoms with Gasteiger partial charge in [-0.25, -0.2) is 0 Å². The molecule has 122 valence electrons. The Morgan fingerprint density at radius 2 is 2.00 bits per heavy atom. The van der Waals surface area contributed by atoms with Gasteiger partial charge in [0.1, 0.15) is 17.0 Å². The third-order valence-corrected chi connectivity index (χ3v) is 5.56. The average Bonchev–Trinajstić information content (AvgIpc) is 3.11. The largest absolute Gasteiger partial charge is 0.299 e. The standard InChI is InChI=1S/C21H20O2S/c1-16(22)21(13-6-5-9-20(21)23)19(18-12-14-24-15-18)11-10-17-7-3-2-4-8-17/h2-4,7-8,12,14-15,19H,5-6,9,13H2,1H3. The monoisotopic (exact) mass is 336 g/mol. The van der Waals surface area contributed by atoms with Crippen LogP contribution in [0.2, 0.25) is 0 Å². The second-order valence-corrected chi connectivity index (χ2v) is 7.06. The lowest BCUT2D eigenvalue weighted by Gasteiger charge is -2.37. The van der Waals surface area contributed by atoms with Crippen molar-refractivity contribution < 1.29 is 9.59 Å². The highest BCUT2D eigenvalue weighted by molar-refractivity contribution is 7.08. The average molecular weight is 336 g/mol. The number of rotatable bonds is 3. The maximum Gasteiger partial charge on any atom is 0.148 e. The first-order valence-corrected chi connectivity index (χ1v) is 9.22. The molecule has 24 heavy (non-hydrogen) atoms. The molecule has 1 heterocycles. The molecule has 1 aliphatic carbocycles. The molecule has 0 spiro atoms. The molecular formula is C21H20O2S. The van der Waals surface area contributed by atoms with Gasteiger partial charge in [0.15, 0.2) is 0 Å². The smallest absolute Gasteiger partial charge is 0.148 e. The lowest BCUT2D eigenvalue weighted by atomic mass is 9.61. The minimum Gasteiger partial charge on any atom is -0.299 e. The van der Waals surface area contributed by atoms with Gasteiger partial charge in [-0.15, -0.1) is 0 Å². The maximum atomic E-state index is 12.8. The van der Waals surface area contributed by atoms with Crippen LogP contribution in [0.3, 0.4) is 0 Å². The van der Waals surface area contributed by atoms with Gasteiger partial charge in [0.2, 0.25) is 0 Å². The fraction of sp³-hybridized carbons (Fsp3) is 0.333. The fourth-order valence-electron chi connectivity index (χ4n) is 3.54. The Balaban J connectivity index is 2.09. The van der Waals surface area contributed by atoms with E-state index in [2.05, 4.69) is 11.8 Å². The number of ketones is 2. The van der Waals surface area contributed by atoms with Gasteiger partial charge in [0.05, 0.1) is 5.92 Å². The van der Waals surface area contributed by atoms with E-state index < -0.39 is 5.41 Å². The van der Waals surface area contributed by atoms with Crippen LogP contribution in [0.1, 0.15) is 49.7 Å². The molecule has 2 aromatic rings. The Bertz CT molecular complexity index is 780. The second-order valence-electron chi connectivity index (χ2n) is 6.28. The van der Waals surface area contributed by atoms with Crippen LogP contribution < -0.4 is 0 Å². The molecule has 1 fully saturated rings. The van der Waals surface area contributed by atoms with Crippen LogP contribution in [0.5, 0.6) is 0 Å². The van der Waals surface area contributed by atoms with E-state index in [9.17, 15) is 9.59 Å². The van der Waals surface area contributed by atoms with E-state index in [0.29, 0.717) is 12.8 Å². The minimum atomic E-state index is -0.985. The summed E-state index contributed by atoms with van der Waals surface area (Å²) in [6.07, 6.45) is 2.85. The van der Waals surface area contributed by atoms with E-state index in [4.69, 9.17) is 0 Å². The molecule has 3 heteroatoms. The summed E-state index contributed by atoms with van der Waals surface area (Å²) in [5, 5.41) is 3.99. The van der Waals surface area contributed by atoms with Crippen molar-refractivity contribution in [3.8, 4) is 11.8 Å². The van der Waals surface area contributed by atoms with Crippen LogP contribution in [0.15, 0.2) is 47.2 Å². The SMILES string of the molecule is CC(=O)C1(C(C#Cc2ccccc2)c2ccsc2)CCCCC1=O. The Morgan fingerprint density at radius 3 is 2.62 bits per heavy atom. The molecule has 2 nitrogen and oxygen atoms in total. The van der Waals surface area contributed by atoms with Crippen LogP contribution in [0, 0.1) is 17.3 Å². The molecule has 0 N–H and O–H groups in total. The molecule has 3 rings (SSSR count). The predicted molar refractivity (Wildman–Crippen MR) is 97.0 cm³/mol. The van der Waals surface area contributed by atoms with Gasteiger partial charge in [-0.1, -0.05) is 36.5 Å². The number of benzene rings is 1. The van der Waals surface area contributed by atoms with Gasteiger partial charge in [-0.3, -0.25) is 9.59 Å². The van der Waals surface area contributed by atoms with Crippen molar-refractivity contribution in [1.29, 1.82) is 0 Å². The molecule has 0 radical (unpaired) electrons. The lowest BCUT2D eigenvalue weighted by molar-refractivity contribution is -0.142. The number of hydrogen-bond acceptors (Lipinski definition) is 3. The number of Topliss-reactive ketones (excluding diaryl/α,β-unsaturated/α-hetero) is 2. The van der Waals surface area contributed by atoms with E-state index >= 15 is 0 Å². The molecule has 0 aliphatic heterocycles. The Kier molecular flexibility index (Phi) is 4.97. The van der Waals surface area contributed by atoms with Crippen molar-refractivity contribution >= 4 is 22.9 Å². The number of thiophene rings is 1. The summed E-state index contributed by atoms with van der Waals surface area (Å²) in [4.78, 5) is 25.4. The summed E-state index contributed by atoms with van der Waals surface area (Å²) in [6, 6.07) is 11.7. The molecule has 1 saturated carbocycles. The summed E-state index contributed by atoms with van der Waals surface area (Å²) in [7, 11) is 0. The van der Waals surface area contributed by atoms with Crippen LogP contribution in [-0.4, -0.2) is 11.6 Å². The lowest BCUT2D eigenvalue weighted by Crippen LogP contribution is -2.45. The maximum absolute atomic E-state index is 12.8. The number of hydrogen-bond donors (Lipinski definition) is 0. The van der Waals surface area contributed by atoms with Gasteiger partial charge in [-0.2, -0.15) is 11.3 Å². The fourth-order valence-corrected chi connectivity index (χ4v) is 4.23. The van der Waals surface area contributed by atoms with Gasteiger partial charge in [-0.05, 0) is 54.3 Å². The zero-order valence-corrected chi connectivity index (χ0v) is 14.6. The number of carbonyl (C=O) groups excluding carboxylic acids is 2. The molecule has 0 amide bonds. The van der Waals surface area contributed by atoms with Crippen molar-refractivity contribution in [3.63, 3.8) is 0 Å². The van der Waals surface area contributed by atoms with Crippen molar-refractivity contribution in [2.45, 2.75) is 38.5 Å². The van der Waals surface area contributed by atoms with Gasteiger partial charge in [0.25, 0.3) is 0 Å². The highest BCUT2D eigenvalue weighted by Gasteiger charge is 2.50. The van der Waals surface area contributed by atoms with Crippen LogP contribution in [-0.2, 0) is 9.59 Å². The van der Waals surface area contributed by atoms with Crippen LogP contribution >= 0.6 is 11.3 Å². The van der Waals surface area contributed by atoms with Crippen molar-refractivity contribution in [3.05, 3.63) is 58.3 Å². The first-order chi connectivity index (χ1) is 11.6. The van der Waals surface area contributed by atoms with E-state index in [-0.39, 0.29) is 17.5 Å². The predicted octanol–water partition coefficient (Wildman–Crippen LogP) is 4.60. The molecule has 1 aromatic heterocycles. The summed E-state index contributed by atoms with van der Waals surface area (Å²) in [5.74, 6) is 6.10. The van der Waals surface area contributed by atoms with E-state index in [1.165, 1.54) is 0 Å². The topological polar surface area (TPSA) is 34.1 Å². The number of carbonyl (C=O) groups is 2. The van der Waals surface area contributed by atoms with Gasteiger partial charge < -0.3 is 0 Å². The third-order valence-electron chi connectivity index (χ3n) is 4.85. The van der Waals surface area contributed by atoms with Crippen molar-refractivity contribution in [2.24, 2.45) is 5.41 Å². The summed E-state index contributed by atoms with van der Waals surface area (Å²) >= 11 is 1.57. The van der Waals surface area contributed by atoms with Gasteiger partial charge in [0, 0.05) is 12.0 Å². The highest BCUT2D eigenvalue weighted by Crippen LogP contribution is 2.46. The highest BCUT2D eigenvalue weighted by atomic mass is 32.1. The minimum absolute atomic E-state index is 0.0502. The quantitative estimate of drug-likeness (QED) is 0.606. The van der Waals surface area contributed by atoms with Crippen LogP contribution in [0.4, 0.5) is 0 Å². The molecule has 0 saturated heterocycles. The van der Waals surface area contributed by atoms with E-state index in [1.54, 1.807) is 18.3 Å². The molecule has 2 atom stereocenters. The van der Waals surface area contributed by atoms with Crippen molar-refractivity contribution in [1.82, 2.24) is 0 Å².